The molecule has 0 aliphatic heterocycles. The van der Waals surface area contributed by atoms with Crippen LogP contribution in [-0.2, 0) is 10.5 Å². The van der Waals surface area contributed by atoms with Crippen molar-refractivity contribution in [3.63, 3.8) is 0 Å². The molecule has 1 aromatic heterocycles. The van der Waals surface area contributed by atoms with Gasteiger partial charge in [-0.05, 0) is 30.2 Å². The summed E-state index contributed by atoms with van der Waals surface area (Å²) in [6, 6.07) is 11.6. The van der Waals surface area contributed by atoms with Crippen LogP contribution in [0.3, 0.4) is 0 Å². The standard InChI is InChI=1S/C15H15ClN2OS/c1-11-4-2-3-5-12(11)9-20-10-15(19)18-14-7-6-13(16)8-17-14/h2-8H,9-10H2,1H3,(H,17,18,19). The van der Waals surface area contributed by atoms with Crippen LogP contribution >= 0.6 is 23.4 Å². The summed E-state index contributed by atoms with van der Waals surface area (Å²) in [6.45, 7) is 2.08. The molecule has 0 radical (unpaired) electrons. The van der Waals surface area contributed by atoms with Crippen molar-refractivity contribution in [1.29, 1.82) is 0 Å². The Morgan fingerprint density at radius 2 is 2.10 bits per heavy atom. The lowest BCUT2D eigenvalue weighted by Crippen LogP contribution is -2.15. The third-order valence-electron chi connectivity index (χ3n) is 2.75. The van der Waals surface area contributed by atoms with Gasteiger partial charge in [-0.15, -0.1) is 11.8 Å². The number of nitrogens with zero attached hydrogens (tertiary/aromatic N) is 1. The zero-order valence-electron chi connectivity index (χ0n) is 11.1. The molecule has 0 saturated carbocycles. The van der Waals surface area contributed by atoms with Crippen molar-refractivity contribution in [3.8, 4) is 0 Å². The van der Waals surface area contributed by atoms with E-state index in [-0.39, 0.29) is 5.91 Å². The van der Waals surface area contributed by atoms with E-state index in [4.69, 9.17) is 11.6 Å². The predicted octanol–water partition coefficient (Wildman–Crippen LogP) is 3.92. The summed E-state index contributed by atoms with van der Waals surface area (Å²) >= 11 is 7.32. The van der Waals surface area contributed by atoms with Gasteiger partial charge in [0.1, 0.15) is 5.82 Å². The largest absolute Gasteiger partial charge is 0.310 e. The van der Waals surface area contributed by atoms with Crippen molar-refractivity contribution >= 4 is 35.1 Å². The van der Waals surface area contributed by atoms with Crippen molar-refractivity contribution in [2.75, 3.05) is 11.1 Å². The molecule has 0 aliphatic carbocycles. The third kappa shape index (κ3) is 4.54. The second kappa shape index (κ2) is 7.31. The van der Waals surface area contributed by atoms with Crippen LogP contribution in [0.25, 0.3) is 0 Å². The Hall–Kier alpha value is -1.52. The molecule has 0 unspecified atom stereocenters. The van der Waals surface area contributed by atoms with Crippen LogP contribution in [0.5, 0.6) is 0 Å². The van der Waals surface area contributed by atoms with Crippen molar-refractivity contribution in [1.82, 2.24) is 4.98 Å². The summed E-state index contributed by atoms with van der Waals surface area (Å²) in [5.74, 6) is 1.70. The van der Waals surface area contributed by atoms with E-state index < -0.39 is 0 Å². The van der Waals surface area contributed by atoms with Crippen LogP contribution in [0.1, 0.15) is 11.1 Å². The minimum Gasteiger partial charge on any atom is -0.310 e. The Morgan fingerprint density at radius 1 is 1.30 bits per heavy atom. The van der Waals surface area contributed by atoms with Crippen molar-refractivity contribution in [2.24, 2.45) is 0 Å². The fourth-order valence-corrected chi connectivity index (χ4v) is 2.67. The fraction of sp³-hybridized carbons (Fsp3) is 0.200. The molecule has 104 valence electrons. The molecule has 20 heavy (non-hydrogen) atoms. The van der Waals surface area contributed by atoms with Gasteiger partial charge >= 0.3 is 0 Å². The van der Waals surface area contributed by atoms with Gasteiger partial charge in [0, 0.05) is 11.9 Å². The second-order valence-corrected chi connectivity index (χ2v) is 5.75. The number of pyridine rings is 1. The number of rotatable bonds is 5. The maximum absolute atomic E-state index is 11.8. The Labute approximate surface area is 127 Å². The first-order valence-corrected chi connectivity index (χ1v) is 7.72. The smallest absolute Gasteiger partial charge is 0.235 e. The second-order valence-electron chi connectivity index (χ2n) is 4.33. The number of hydrogen-bond donors (Lipinski definition) is 1. The SMILES string of the molecule is Cc1ccccc1CSCC(=O)Nc1ccc(Cl)cn1. The van der Waals surface area contributed by atoms with Crippen LogP contribution in [0.2, 0.25) is 5.02 Å². The molecule has 0 saturated heterocycles. The van der Waals surface area contributed by atoms with Gasteiger partial charge < -0.3 is 5.32 Å². The Kier molecular flexibility index (Phi) is 5.44. The number of amides is 1. The number of benzene rings is 1. The van der Waals surface area contributed by atoms with Crippen molar-refractivity contribution in [3.05, 3.63) is 58.7 Å². The zero-order chi connectivity index (χ0) is 14.4. The Morgan fingerprint density at radius 3 is 2.80 bits per heavy atom. The van der Waals surface area contributed by atoms with Gasteiger partial charge in [0.05, 0.1) is 10.8 Å². The summed E-state index contributed by atoms with van der Waals surface area (Å²) in [7, 11) is 0. The van der Waals surface area contributed by atoms with Crippen LogP contribution < -0.4 is 5.32 Å². The highest BCUT2D eigenvalue weighted by Crippen LogP contribution is 2.16. The quantitative estimate of drug-likeness (QED) is 0.910. The number of carbonyl (C=O) groups is 1. The van der Waals surface area contributed by atoms with Gasteiger partial charge in [0.2, 0.25) is 5.91 Å². The van der Waals surface area contributed by atoms with Crippen LogP contribution in [0.15, 0.2) is 42.6 Å². The molecule has 2 aromatic rings. The third-order valence-corrected chi connectivity index (χ3v) is 3.95. The highest BCUT2D eigenvalue weighted by Gasteiger charge is 2.04. The number of anilines is 1. The van der Waals surface area contributed by atoms with E-state index in [1.54, 1.807) is 23.9 Å². The average Bonchev–Trinajstić information content (AvgIpc) is 2.43. The molecule has 5 heteroatoms. The summed E-state index contributed by atoms with van der Waals surface area (Å²) in [4.78, 5) is 15.8. The lowest BCUT2D eigenvalue weighted by Gasteiger charge is -2.06. The van der Waals surface area contributed by atoms with E-state index in [0.29, 0.717) is 16.6 Å². The van der Waals surface area contributed by atoms with Gasteiger partial charge in [-0.1, -0.05) is 35.9 Å². The van der Waals surface area contributed by atoms with Gasteiger partial charge in [0.15, 0.2) is 0 Å². The molecule has 3 nitrogen and oxygen atoms in total. The van der Waals surface area contributed by atoms with E-state index in [0.717, 1.165) is 5.75 Å². The molecule has 0 spiro atoms. The summed E-state index contributed by atoms with van der Waals surface area (Å²) in [5, 5.41) is 3.29. The molecule has 0 fully saturated rings. The summed E-state index contributed by atoms with van der Waals surface area (Å²) < 4.78 is 0. The summed E-state index contributed by atoms with van der Waals surface area (Å²) in [6.07, 6.45) is 1.51. The minimum absolute atomic E-state index is 0.0570. The van der Waals surface area contributed by atoms with Gasteiger partial charge in [-0.3, -0.25) is 4.79 Å². The number of hydrogen-bond acceptors (Lipinski definition) is 3. The molecule has 1 heterocycles. The number of nitrogens with one attached hydrogen (secondary N) is 1. The first-order chi connectivity index (χ1) is 9.65. The van der Waals surface area contributed by atoms with Gasteiger partial charge in [-0.25, -0.2) is 4.98 Å². The predicted molar refractivity (Wildman–Crippen MR) is 85.2 cm³/mol. The number of halogens is 1. The lowest BCUT2D eigenvalue weighted by molar-refractivity contribution is -0.113. The average molecular weight is 307 g/mol. The Balaban J connectivity index is 1.78. The lowest BCUT2D eigenvalue weighted by atomic mass is 10.1. The zero-order valence-corrected chi connectivity index (χ0v) is 12.7. The highest BCUT2D eigenvalue weighted by atomic mass is 35.5. The first kappa shape index (κ1) is 14.9. The molecule has 1 aromatic carbocycles. The van der Waals surface area contributed by atoms with E-state index in [2.05, 4.69) is 29.4 Å². The molecular weight excluding hydrogens is 292 g/mol. The highest BCUT2D eigenvalue weighted by molar-refractivity contribution is 7.99. The maximum Gasteiger partial charge on any atom is 0.235 e. The molecule has 2 rings (SSSR count). The maximum atomic E-state index is 11.8. The van der Waals surface area contributed by atoms with Gasteiger partial charge in [0.25, 0.3) is 0 Å². The number of carbonyl (C=O) groups excluding carboxylic acids is 1. The summed E-state index contributed by atoms with van der Waals surface area (Å²) in [5.41, 5.74) is 2.51. The van der Waals surface area contributed by atoms with Crippen molar-refractivity contribution in [2.45, 2.75) is 12.7 Å². The minimum atomic E-state index is -0.0570. The topological polar surface area (TPSA) is 42.0 Å². The molecule has 1 amide bonds. The molecule has 0 bridgehead atoms. The molecule has 0 aliphatic rings. The molecule has 0 atom stereocenters. The van der Waals surface area contributed by atoms with E-state index in [9.17, 15) is 4.79 Å². The van der Waals surface area contributed by atoms with Gasteiger partial charge in [-0.2, -0.15) is 0 Å². The molecular formula is C15H15ClN2OS. The van der Waals surface area contributed by atoms with E-state index >= 15 is 0 Å². The van der Waals surface area contributed by atoms with Crippen LogP contribution in [-0.4, -0.2) is 16.6 Å². The normalized spacial score (nSPS) is 10.3. The van der Waals surface area contributed by atoms with Crippen LogP contribution in [0.4, 0.5) is 5.82 Å². The Bertz CT molecular complexity index is 587. The van der Waals surface area contributed by atoms with E-state index in [1.165, 1.54) is 17.3 Å². The fourth-order valence-electron chi connectivity index (χ4n) is 1.65. The van der Waals surface area contributed by atoms with E-state index in [1.807, 2.05) is 12.1 Å². The van der Waals surface area contributed by atoms with Crippen LogP contribution in [0, 0.1) is 6.92 Å². The number of thioether (sulfide) groups is 1. The first-order valence-electron chi connectivity index (χ1n) is 6.19. The van der Waals surface area contributed by atoms with Crippen molar-refractivity contribution < 1.29 is 4.79 Å². The number of aryl methyl sites for hydroxylation is 1. The number of aromatic nitrogens is 1. The monoisotopic (exact) mass is 306 g/mol. The molecule has 1 N–H and O–H groups in total.